The third-order valence-corrected chi connectivity index (χ3v) is 5.56. The Morgan fingerprint density at radius 3 is 2.77 bits per heavy atom. The van der Waals surface area contributed by atoms with Gasteiger partial charge in [0.25, 0.3) is 5.91 Å². The number of quaternary nitrogens is 1. The van der Waals surface area contributed by atoms with Gasteiger partial charge in [-0.05, 0) is 56.2 Å². The molecule has 0 aromatic heterocycles. The van der Waals surface area contributed by atoms with E-state index in [2.05, 4.69) is 37.4 Å². The first-order valence-corrected chi connectivity index (χ1v) is 8.82. The lowest BCUT2D eigenvalue weighted by molar-refractivity contribution is -0.902. The molecule has 0 radical (unpaired) electrons. The summed E-state index contributed by atoms with van der Waals surface area (Å²) in [5.74, 6) is 1.98. The summed E-state index contributed by atoms with van der Waals surface area (Å²) in [5.41, 5.74) is 3.30. The van der Waals surface area contributed by atoms with Crippen LogP contribution in [0.2, 0.25) is 0 Å². The SMILES string of the molecule is Cc1ccc(C)c(NC(=O)C[NH+]2CC[C@H]3CCCC[C@@H]3C2)c1. The van der Waals surface area contributed by atoms with Crippen LogP contribution in [0.4, 0.5) is 5.69 Å². The minimum atomic E-state index is 0.165. The third kappa shape index (κ3) is 3.70. The lowest BCUT2D eigenvalue weighted by atomic mass is 9.75. The lowest BCUT2D eigenvalue weighted by Gasteiger charge is -2.38. The van der Waals surface area contributed by atoms with Gasteiger partial charge in [-0.25, -0.2) is 0 Å². The molecule has 1 saturated carbocycles. The number of piperidine rings is 1. The van der Waals surface area contributed by atoms with E-state index in [1.807, 2.05) is 0 Å². The first kappa shape index (κ1) is 15.5. The van der Waals surface area contributed by atoms with Crippen LogP contribution in [0.15, 0.2) is 18.2 Å². The van der Waals surface area contributed by atoms with Gasteiger partial charge in [0.1, 0.15) is 0 Å². The summed E-state index contributed by atoms with van der Waals surface area (Å²) < 4.78 is 0. The lowest BCUT2D eigenvalue weighted by Crippen LogP contribution is -3.15. The normalized spacial score (nSPS) is 28.0. The molecule has 3 rings (SSSR count). The van der Waals surface area contributed by atoms with Crippen LogP contribution >= 0.6 is 0 Å². The summed E-state index contributed by atoms with van der Waals surface area (Å²) in [6.45, 7) is 7.10. The van der Waals surface area contributed by atoms with Crippen LogP contribution in [0.25, 0.3) is 0 Å². The van der Waals surface area contributed by atoms with Crippen molar-refractivity contribution in [2.75, 3.05) is 25.0 Å². The smallest absolute Gasteiger partial charge is 0.279 e. The minimum Gasteiger partial charge on any atom is -0.327 e. The number of fused-ring (bicyclic) bond motifs is 1. The molecule has 3 heteroatoms. The predicted molar refractivity (Wildman–Crippen MR) is 90.2 cm³/mol. The molecule has 2 N–H and O–H groups in total. The van der Waals surface area contributed by atoms with Crippen LogP contribution in [-0.4, -0.2) is 25.5 Å². The van der Waals surface area contributed by atoms with Crippen molar-refractivity contribution in [3.05, 3.63) is 29.3 Å². The molecule has 1 aliphatic heterocycles. The molecular weight excluding hydrogens is 272 g/mol. The zero-order valence-electron chi connectivity index (χ0n) is 14.0. The standard InChI is InChI=1S/C19H28N2O/c1-14-7-8-15(2)18(11-14)20-19(22)13-21-10-9-16-5-3-4-6-17(16)12-21/h7-8,11,16-17H,3-6,9-10,12-13H2,1-2H3,(H,20,22)/p+1/t16-,17-/m1/s1. The summed E-state index contributed by atoms with van der Waals surface area (Å²) in [6, 6.07) is 6.23. The van der Waals surface area contributed by atoms with Gasteiger partial charge in [0.05, 0.1) is 13.1 Å². The van der Waals surface area contributed by atoms with Crippen LogP contribution in [0.1, 0.15) is 43.2 Å². The summed E-state index contributed by atoms with van der Waals surface area (Å²) >= 11 is 0. The Balaban J connectivity index is 1.54. The zero-order valence-corrected chi connectivity index (χ0v) is 14.0. The Kier molecular flexibility index (Phi) is 4.82. The molecule has 3 atom stereocenters. The second-order valence-electron chi connectivity index (χ2n) is 7.34. The van der Waals surface area contributed by atoms with Gasteiger partial charge in [-0.1, -0.05) is 25.0 Å². The monoisotopic (exact) mass is 301 g/mol. The van der Waals surface area contributed by atoms with E-state index in [4.69, 9.17) is 0 Å². The maximum atomic E-state index is 12.4. The number of anilines is 1. The van der Waals surface area contributed by atoms with Crippen LogP contribution in [0, 0.1) is 25.7 Å². The molecule has 1 heterocycles. The molecule has 1 aromatic carbocycles. The van der Waals surface area contributed by atoms with Crippen molar-refractivity contribution in [2.24, 2.45) is 11.8 Å². The van der Waals surface area contributed by atoms with Crippen molar-refractivity contribution in [3.63, 3.8) is 0 Å². The summed E-state index contributed by atoms with van der Waals surface area (Å²) in [5, 5.41) is 3.11. The van der Waals surface area contributed by atoms with Crippen molar-refractivity contribution in [1.82, 2.24) is 0 Å². The maximum Gasteiger partial charge on any atom is 0.279 e. The van der Waals surface area contributed by atoms with Crippen molar-refractivity contribution < 1.29 is 9.69 Å². The van der Waals surface area contributed by atoms with Crippen molar-refractivity contribution in [1.29, 1.82) is 0 Å². The molecule has 2 fully saturated rings. The summed E-state index contributed by atoms with van der Waals surface area (Å²) in [4.78, 5) is 13.9. The van der Waals surface area contributed by atoms with Gasteiger partial charge in [0, 0.05) is 11.6 Å². The highest BCUT2D eigenvalue weighted by atomic mass is 16.2. The minimum absolute atomic E-state index is 0.165. The fourth-order valence-electron chi connectivity index (χ4n) is 4.25. The van der Waals surface area contributed by atoms with Crippen LogP contribution in [0.3, 0.4) is 0 Å². The molecule has 0 spiro atoms. The van der Waals surface area contributed by atoms with E-state index in [-0.39, 0.29) is 5.91 Å². The predicted octanol–water partition coefficient (Wildman–Crippen LogP) is 2.34. The van der Waals surface area contributed by atoms with Gasteiger partial charge >= 0.3 is 0 Å². The second-order valence-corrected chi connectivity index (χ2v) is 7.34. The van der Waals surface area contributed by atoms with Gasteiger partial charge in [-0.2, -0.15) is 0 Å². The number of likely N-dealkylation sites (tertiary alicyclic amines) is 1. The molecule has 0 bridgehead atoms. The summed E-state index contributed by atoms with van der Waals surface area (Å²) in [7, 11) is 0. The van der Waals surface area contributed by atoms with Gasteiger partial charge in [0.15, 0.2) is 6.54 Å². The number of nitrogens with one attached hydrogen (secondary N) is 2. The van der Waals surface area contributed by atoms with Crippen LogP contribution < -0.4 is 10.2 Å². The highest BCUT2D eigenvalue weighted by Gasteiger charge is 2.34. The van der Waals surface area contributed by atoms with E-state index in [9.17, 15) is 4.79 Å². The van der Waals surface area contributed by atoms with E-state index >= 15 is 0 Å². The number of hydrogen-bond donors (Lipinski definition) is 2. The largest absolute Gasteiger partial charge is 0.327 e. The Morgan fingerprint density at radius 1 is 1.18 bits per heavy atom. The van der Waals surface area contributed by atoms with Gasteiger partial charge in [0.2, 0.25) is 0 Å². The molecule has 1 saturated heterocycles. The highest BCUT2D eigenvalue weighted by molar-refractivity contribution is 5.92. The Bertz CT molecular complexity index is 540. The molecule has 1 amide bonds. The van der Waals surface area contributed by atoms with E-state index in [1.165, 1.54) is 55.7 Å². The average Bonchev–Trinajstić information content (AvgIpc) is 2.51. The molecule has 1 unspecified atom stereocenters. The van der Waals surface area contributed by atoms with E-state index in [0.717, 1.165) is 23.1 Å². The van der Waals surface area contributed by atoms with Gasteiger partial charge in [-0.3, -0.25) is 4.79 Å². The number of rotatable bonds is 3. The van der Waals surface area contributed by atoms with Gasteiger partial charge in [-0.15, -0.1) is 0 Å². The molecule has 22 heavy (non-hydrogen) atoms. The highest BCUT2D eigenvalue weighted by Crippen LogP contribution is 2.32. The van der Waals surface area contributed by atoms with Crippen molar-refractivity contribution >= 4 is 11.6 Å². The number of amides is 1. The Hall–Kier alpha value is -1.35. The zero-order chi connectivity index (χ0) is 15.5. The number of hydrogen-bond acceptors (Lipinski definition) is 1. The Labute approximate surface area is 134 Å². The fourth-order valence-corrected chi connectivity index (χ4v) is 4.25. The van der Waals surface area contributed by atoms with Gasteiger partial charge < -0.3 is 10.2 Å². The number of benzene rings is 1. The maximum absolute atomic E-state index is 12.4. The molecule has 1 aromatic rings. The summed E-state index contributed by atoms with van der Waals surface area (Å²) in [6.07, 6.45) is 6.93. The van der Waals surface area contributed by atoms with Crippen molar-refractivity contribution in [3.8, 4) is 0 Å². The fraction of sp³-hybridized carbons (Fsp3) is 0.632. The molecule has 120 valence electrons. The topological polar surface area (TPSA) is 33.5 Å². The number of aryl methyl sites for hydroxylation is 2. The number of carbonyl (C=O) groups is 1. The van der Waals surface area contributed by atoms with E-state index in [0.29, 0.717) is 6.54 Å². The third-order valence-electron chi connectivity index (χ3n) is 5.56. The van der Waals surface area contributed by atoms with E-state index < -0.39 is 0 Å². The van der Waals surface area contributed by atoms with E-state index in [1.54, 1.807) is 0 Å². The first-order valence-electron chi connectivity index (χ1n) is 8.82. The molecule has 3 nitrogen and oxygen atoms in total. The Morgan fingerprint density at radius 2 is 1.95 bits per heavy atom. The second kappa shape index (κ2) is 6.82. The van der Waals surface area contributed by atoms with Crippen molar-refractivity contribution in [2.45, 2.75) is 46.0 Å². The average molecular weight is 301 g/mol. The quantitative estimate of drug-likeness (QED) is 0.883. The molecule has 1 aliphatic carbocycles. The number of carbonyl (C=O) groups excluding carboxylic acids is 1. The molecular formula is C19H29N2O+. The van der Waals surface area contributed by atoms with Crippen LogP contribution in [0.5, 0.6) is 0 Å². The van der Waals surface area contributed by atoms with Crippen LogP contribution in [-0.2, 0) is 4.79 Å². The molecule has 2 aliphatic rings. The first-order chi connectivity index (χ1) is 10.6.